The van der Waals surface area contributed by atoms with Crippen LogP contribution in [0, 0.1) is 0 Å². The van der Waals surface area contributed by atoms with Gasteiger partial charge in [0.15, 0.2) is 11.3 Å². The van der Waals surface area contributed by atoms with Crippen LogP contribution in [0.4, 0.5) is 0 Å². The monoisotopic (exact) mass is 649 g/mol. The second kappa shape index (κ2) is 14.7. The maximum absolute atomic E-state index is 12.6. The van der Waals surface area contributed by atoms with Crippen LogP contribution >= 0.6 is 35.8 Å². The number of hydrogen-bond donors (Lipinski definition) is 1. The number of aromatic hydroxyl groups is 1. The van der Waals surface area contributed by atoms with Gasteiger partial charge in [-0.3, -0.25) is 4.79 Å². The number of hydrogen-bond acceptors (Lipinski definition) is 7. The van der Waals surface area contributed by atoms with Crippen molar-refractivity contribution < 1.29 is 19.0 Å². The summed E-state index contributed by atoms with van der Waals surface area (Å²) in [5.41, 5.74) is 5.07. The highest BCUT2D eigenvalue weighted by Gasteiger charge is 2.20. The lowest BCUT2D eigenvalue weighted by atomic mass is 9.96. The second-order valence-corrected chi connectivity index (χ2v) is 11.7. The molecule has 1 aliphatic heterocycles. The molecular formula is C35H33Cl2NO5S. The normalized spacial score (nSPS) is 12.5. The maximum Gasteiger partial charge on any atom is 0.204 e. The van der Waals surface area contributed by atoms with Crippen LogP contribution < -0.4 is 14.9 Å². The Hall–Kier alpha value is -3.88. The Bertz CT molecular complexity index is 1850. The smallest absolute Gasteiger partial charge is 0.204 e. The van der Waals surface area contributed by atoms with Gasteiger partial charge in [0.05, 0.1) is 25.2 Å². The third kappa shape index (κ3) is 7.08. The van der Waals surface area contributed by atoms with Gasteiger partial charge >= 0.3 is 0 Å². The highest BCUT2D eigenvalue weighted by molar-refractivity contribution is 7.99. The van der Waals surface area contributed by atoms with Crippen molar-refractivity contribution in [3.63, 3.8) is 0 Å². The minimum absolute atomic E-state index is 0. The molecule has 228 valence electrons. The van der Waals surface area contributed by atoms with Crippen LogP contribution in [0.15, 0.2) is 110 Å². The van der Waals surface area contributed by atoms with E-state index in [4.69, 9.17) is 25.5 Å². The van der Waals surface area contributed by atoms with Crippen molar-refractivity contribution in [1.82, 2.24) is 4.90 Å². The molecule has 9 heteroatoms. The van der Waals surface area contributed by atoms with Crippen LogP contribution in [0.25, 0.3) is 27.7 Å². The largest absolute Gasteiger partial charge is 0.504 e. The van der Waals surface area contributed by atoms with Gasteiger partial charge in [-0.05, 0) is 91.3 Å². The minimum Gasteiger partial charge on any atom is -0.504 e. The van der Waals surface area contributed by atoms with Crippen LogP contribution in [0.3, 0.4) is 0 Å². The Morgan fingerprint density at radius 2 is 1.64 bits per heavy atom. The van der Waals surface area contributed by atoms with Gasteiger partial charge in [0.1, 0.15) is 12.0 Å². The van der Waals surface area contributed by atoms with E-state index in [2.05, 4.69) is 61.5 Å². The van der Waals surface area contributed by atoms with Gasteiger partial charge in [-0.2, -0.15) is 0 Å². The Labute approximate surface area is 272 Å². The van der Waals surface area contributed by atoms with Crippen molar-refractivity contribution in [3.8, 4) is 28.4 Å². The molecule has 0 atom stereocenters. The molecule has 2 heterocycles. The fraction of sp³-hybridized carbons (Fsp3) is 0.171. The number of phenols is 1. The molecular weight excluding hydrogens is 617 g/mol. The maximum atomic E-state index is 12.6. The highest BCUT2D eigenvalue weighted by Crippen LogP contribution is 2.46. The summed E-state index contributed by atoms with van der Waals surface area (Å²) in [7, 11) is 7.20. The first kappa shape index (κ1) is 33.0. The van der Waals surface area contributed by atoms with Crippen molar-refractivity contribution in [3.05, 3.63) is 118 Å². The summed E-state index contributed by atoms with van der Waals surface area (Å²) < 4.78 is 15.7. The first-order valence-electron chi connectivity index (χ1n) is 13.7. The quantitative estimate of drug-likeness (QED) is 0.193. The zero-order valence-corrected chi connectivity index (χ0v) is 27.2. The molecule has 0 amide bonds. The van der Waals surface area contributed by atoms with Gasteiger partial charge in [0.2, 0.25) is 11.2 Å². The number of nitrogens with zero attached hydrogens (tertiary/aromatic N) is 1. The lowest BCUT2D eigenvalue weighted by molar-refractivity contribution is 0.370. The fourth-order valence-electron chi connectivity index (χ4n) is 4.86. The average Bonchev–Trinajstić information content (AvgIpc) is 3.01. The Morgan fingerprint density at radius 3 is 2.34 bits per heavy atom. The number of halogens is 2. The molecule has 0 unspecified atom stereocenters. The number of rotatable bonds is 6. The molecule has 0 saturated heterocycles. The number of phenolic OH excluding ortho intramolecular Hbond substituents is 1. The van der Waals surface area contributed by atoms with Gasteiger partial charge in [0, 0.05) is 21.4 Å². The van der Waals surface area contributed by atoms with Crippen LogP contribution in [0.1, 0.15) is 17.5 Å². The van der Waals surface area contributed by atoms with E-state index >= 15 is 0 Å². The van der Waals surface area contributed by atoms with Crippen LogP contribution in [-0.4, -0.2) is 44.9 Å². The highest BCUT2D eigenvalue weighted by atomic mass is 35.5. The summed E-state index contributed by atoms with van der Waals surface area (Å²) >= 11 is 8.03. The minimum atomic E-state index is -0.190. The molecule has 0 fully saturated rings. The number of methoxy groups -OCH3 is 2. The van der Waals surface area contributed by atoms with Gasteiger partial charge in [-0.15, -0.1) is 12.4 Å². The third-order valence-electron chi connectivity index (χ3n) is 7.03. The van der Waals surface area contributed by atoms with Gasteiger partial charge in [-0.1, -0.05) is 59.8 Å². The number of benzene rings is 4. The molecule has 1 aliphatic rings. The van der Waals surface area contributed by atoms with E-state index < -0.39 is 0 Å². The predicted molar refractivity (Wildman–Crippen MR) is 182 cm³/mol. The second-order valence-electron chi connectivity index (χ2n) is 10.2. The first-order chi connectivity index (χ1) is 20.8. The first-order valence-corrected chi connectivity index (χ1v) is 14.9. The molecule has 6 nitrogen and oxygen atoms in total. The molecule has 0 spiro atoms. The molecule has 0 aliphatic carbocycles. The zero-order valence-electron chi connectivity index (χ0n) is 24.8. The summed E-state index contributed by atoms with van der Waals surface area (Å²) in [6.07, 6.45) is 4.75. The van der Waals surface area contributed by atoms with E-state index in [0.29, 0.717) is 16.7 Å². The summed E-state index contributed by atoms with van der Waals surface area (Å²) in [5, 5.41) is 10.9. The summed E-state index contributed by atoms with van der Waals surface area (Å²) in [6, 6.07) is 24.8. The molecule has 1 aromatic heterocycles. The fourth-order valence-corrected chi connectivity index (χ4v) is 6.12. The molecule has 6 rings (SSSR count). The van der Waals surface area contributed by atoms with Gasteiger partial charge in [0.25, 0.3) is 0 Å². The van der Waals surface area contributed by atoms with Crippen molar-refractivity contribution in [2.45, 2.75) is 16.2 Å². The van der Waals surface area contributed by atoms with E-state index in [1.165, 1.54) is 52.0 Å². The topological polar surface area (TPSA) is 72.1 Å². The molecule has 4 aromatic carbocycles. The Morgan fingerprint density at radius 1 is 0.909 bits per heavy atom. The van der Waals surface area contributed by atoms with Crippen molar-refractivity contribution >= 4 is 52.3 Å². The summed E-state index contributed by atoms with van der Waals surface area (Å²) in [4.78, 5) is 17.5. The van der Waals surface area contributed by atoms with Crippen molar-refractivity contribution in [2.75, 3.05) is 34.9 Å². The number of fused-ring (bicyclic) bond motifs is 3. The van der Waals surface area contributed by atoms with E-state index in [0.717, 1.165) is 23.6 Å². The summed E-state index contributed by atoms with van der Waals surface area (Å²) in [5.74, 6) is 0.784. The molecule has 0 saturated carbocycles. The molecule has 1 N–H and O–H groups in total. The Kier molecular flexibility index (Phi) is 11.1. The van der Waals surface area contributed by atoms with Crippen LogP contribution in [-0.2, 0) is 0 Å². The van der Waals surface area contributed by atoms with E-state index in [-0.39, 0.29) is 34.9 Å². The van der Waals surface area contributed by atoms with Crippen LogP contribution in [0.5, 0.6) is 17.2 Å². The lowest BCUT2D eigenvalue weighted by Crippen LogP contribution is -2.12. The van der Waals surface area contributed by atoms with Crippen LogP contribution in [0.2, 0.25) is 5.02 Å². The van der Waals surface area contributed by atoms with E-state index in [9.17, 15) is 9.90 Å². The SMILES string of the molecule is CN(C)CCC=C1c2ccccc2Sc2ccc(Cl)cc21.COc1ccc(-c2coc3c(OC)c(O)ccc3c2=O)cc1.Cl. The average molecular weight is 651 g/mol. The predicted octanol–water partition coefficient (Wildman–Crippen LogP) is 8.79. The molecule has 44 heavy (non-hydrogen) atoms. The molecule has 5 aromatic rings. The molecule has 0 bridgehead atoms. The Balaban J connectivity index is 0.000000197. The van der Waals surface area contributed by atoms with E-state index in [1.54, 1.807) is 31.4 Å². The lowest BCUT2D eigenvalue weighted by Gasteiger charge is -2.22. The number of ether oxygens (including phenoxy) is 2. The standard InChI is InChI=1S/C18H18ClNS.C17H14O5.ClH/c1-20(2)11-5-7-14-15-6-3-4-8-17(15)21-18-10-9-13(19)12-16(14)18;1-20-11-5-3-10(4-6-11)13-9-22-16-12(15(13)19)7-8-14(18)17(16)21-2;/h3-4,6-10,12H,5,11H2,1-2H3;3-9,18H,1-2H3;1H. The third-order valence-corrected chi connectivity index (χ3v) is 8.42. The van der Waals surface area contributed by atoms with Gasteiger partial charge < -0.3 is 23.9 Å². The molecule has 0 radical (unpaired) electrons. The van der Waals surface area contributed by atoms with E-state index in [1.807, 2.05) is 17.8 Å². The zero-order chi connectivity index (χ0) is 30.5. The van der Waals surface area contributed by atoms with Crippen molar-refractivity contribution in [1.29, 1.82) is 0 Å². The van der Waals surface area contributed by atoms with Crippen molar-refractivity contribution in [2.24, 2.45) is 0 Å². The van der Waals surface area contributed by atoms with Gasteiger partial charge in [-0.25, -0.2) is 0 Å². The summed E-state index contributed by atoms with van der Waals surface area (Å²) in [6.45, 7) is 1.05.